The molecule has 1 aliphatic rings. The zero-order valence-electron chi connectivity index (χ0n) is 13.0. The van der Waals surface area contributed by atoms with Crippen molar-refractivity contribution in [2.45, 2.75) is 18.4 Å². The van der Waals surface area contributed by atoms with E-state index in [-0.39, 0.29) is 11.5 Å². The van der Waals surface area contributed by atoms with Crippen LogP contribution in [0, 0.1) is 11.3 Å². The number of nitriles is 1. The van der Waals surface area contributed by atoms with Gasteiger partial charge in [0.05, 0.1) is 21.2 Å². The predicted octanol–water partition coefficient (Wildman–Crippen LogP) is 4.97. The summed E-state index contributed by atoms with van der Waals surface area (Å²) in [6.07, 6.45) is -9.59. The molecule has 14 heteroatoms. The highest BCUT2D eigenvalue weighted by Crippen LogP contribution is 2.44. The molecule has 1 atom stereocenters. The van der Waals surface area contributed by atoms with E-state index in [1.54, 1.807) is 0 Å². The summed E-state index contributed by atoms with van der Waals surface area (Å²) in [7, 11) is 0. The van der Waals surface area contributed by atoms with E-state index in [0.717, 1.165) is 4.68 Å². The van der Waals surface area contributed by atoms with E-state index >= 15 is 0 Å². The van der Waals surface area contributed by atoms with Crippen molar-refractivity contribution >= 4 is 46.4 Å². The smallest absolute Gasteiger partial charge is 0.347 e. The average molecular weight is 460 g/mol. The lowest BCUT2D eigenvalue weighted by Crippen LogP contribution is -2.44. The fourth-order valence-electron chi connectivity index (χ4n) is 2.59. The van der Waals surface area contributed by atoms with Crippen molar-refractivity contribution < 1.29 is 26.3 Å². The van der Waals surface area contributed by atoms with E-state index in [1.807, 2.05) is 5.32 Å². The summed E-state index contributed by atoms with van der Waals surface area (Å²) in [5.74, 6) is -0.383. The minimum Gasteiger partial charge on any atom is -0.347 e. The minimum atomic E-state index is -4.84. The molecule has 1 aliphatic heterocycles. The molecule has 2 N–H and O–H groups in total. The van der Waals surface area contributed by atoms with Crippen LogP contribution in [0.2, 0.25) is 10.0 Å². The van der Waals surface area contributed by atoms with Gasteiger partial charge < -0.3 is 10.6 Å². The van der Waals surface area contributed by atoms with Crippen molar-refractivity contribution in [2.75, 3.05) is 5.32 Å². The van der Waals surface area contributed by atoms with E-state index in [9.17, 15) is 31.6 Å². The van der Waals surface area contributed by atoms with Crippen LogP contribution in [0.5, 0.6) is 0 Å². The van der Waals surface area contributed by atoms with Crippen molar-refractivity contribution in [1.82, 2.24) is 15.1 Å². The van der Waals surface area contributed by atoms with E-state index in [1.165, 1.54) is 6.07 Å². The number of hydrogen-bond donors (Lipinski definition) is 2. The number of hydrogen-bond acceptors (Lipinski definition) is 3. The van der Waals surface area contributed by atoms with Gasteiger partial charge in [-0.2, -0.15) is 36.7 Å². The number of alkyl halides is 6. The molecular weight excluding hydrogens is 455 g/mol. The summed E-state index contributed by atoms with van der Waals surface area (Å²) in [4.78, 5) is 0. The topological polar surface area (TPSA) is 65.7 Å². The molecule has 0 saturated carbocycles. The molecule has 3 rings (SSSR count). The molecular formula is C14H5Cl2F6N5S. The Morgan fingerprint density at radius 2 is 1.71 bits per heavy atom. The maximum absolute atomic E-state index is 13.4. The molecule has 0 radical (unpaired) electrons. The molecule has 5 nitrogen and oxygen atoms in total. The SMILES string of the molecule is N#Cc1nn(-c2c(Cl)cc(C(F)(F)F)cc2Cl)c2c1C(C(F)(F)F)NC(=S)N2. The predicted molar refractivity (Wildman–Crippen MR) is 91.5 cm³/mol. The normalized spacial score (nSPS) is 16.8. The van der Waals surface area contributed by atoms with Gasteiger partial charge in [0.1, 0.15) is 17.6 Å². The second-order valence-corrected chi connectivity index (χ2v) is 6.72. The average Bonchev–Trinajstić information content (AvgIpc) is 2.90. The van der Waals surface area contributed by atoms with Crippen molar-refractivity contribution in [3.05, 3.63) is 39.0 Å². The first-order valence-electron chi connectivity index (χ1n) is 7.08. The van der Waals surface area contributed by atoms with Gasteiger partial charge in [-0.25, -0.2) is 4.68 Å². The highest BCUT2D eigenvalue weighted by molar-refractivity contribution is 7.80. The summed E-state index contributed by atoms with van der Waals surface area (Å²) >= 11 is 16.6. The fourth-order valence-corrected chi connectivity index (χ4v) is 3.45. The van der Waals surface area contributed by atoms with Crippen LogP contribution in [0.25, 0.3) is 5.69 Å². The number of aromatic nitrogens is 2. The summed E-state index contributed by atoms with van der Waals surface area (Å²) in [5, 5.41) is 15.8. The lowest BCUT2D eigenvalue weighted by Gasteiger charge is -2.29. The Kier molecular flexibility index (Phi) is 4.89. The number of nitrogens with one attached hydrogen (secondary N) is 2. The summed E-state index contributed by atoms with van der Waals surface area (Å²) < 4.78 is 79.6. The van der Waals surface area contributed by atoms with E-state index < -0.39 is 50.4 Å². The lowest BCUT2D eigenvalue weighted by molar-refractivity contribution is -0.154. The van der Waals surface area contributed by atoms with Gasteiger partial charge in [-0.05, 0) is 24.4 Å². The first kappa shape index (κ1) is 20.5. The number of fused-ring (bicyclic) bond motifs is 1. The molecule has 0 amide bonds. The van der Waals surface area contributed by atoms with Crippen LogP contribution in [-0.4, -0.2) is 21.1 Å². The van der Waals surface area contributed by atoms with Crippen LogP contribution in [0.3, 0.4) is 0 Å². The van der Waals surface area contributed by atoms with E-state index in [2.05, 4.69) is 10.4 Å². The highest BCUT2D eigenvalue weighted by Gasteiger charge is 2.48. The second kappa shape index (κ2) is 6.68. The zero-order chi connectivity index (χ0) is 21.0. The summed E-state index contributed by atoms with van der Waals surface area (Å²) in [6.45, 7) is 0. The first-order chi connectivity index (χ1) is 12.8. The number of rotatable bonds is 1. The van der Waals surface area contributed by atoms with Crippen LogP contribution in [-0.2, 0) is 6.18 Å². The number of benzene rings is 1. The summed E-state index contributed by atoms with van der Waals surface area (Å²) in [5.41, 5.74) is -2.72. The number of nitrogens with zero attached hydrogens (tertiary/aromatic N) is 3. The zero-order valence-corrected chi connectivity index (χ0v) is 15.3. The molecule has 28 heavy (non-hydrogen) atoms. The molecule has 0 bridgehead atoms. The maximum atomic E-state index is 13.4. The number of halogens is 8. The Morgan fingerprint density at radius 3 is 2.18 bits per heavy atom. The van der Waals surface area contributed by atoms with Gasteiger partial charge in [0.15, 0.2) is 16.8 Å². The van der Waals surface area contributed by atoms with Gasteiger partial charge in [-0.1, -0.05) is 23.2 Å². The molecule has 1 aromatic carbocycles. The fraction of sp³-hybridized carbons (Fsp3) is 0.214. The third kappa shape index (κ3) is 3.45. The van der Waals surface area contributed by atoms with Crippen LogP contribution in [0.15, 0.2) is 12.1 Å². The van der Waals surface area contributed by atoms with Crippen molar-refractivity contribution in [2.24, 2.45) is 0 Å². The Bertz CT molecular complexity index is 1000. The second-order valence-electron chi connectivity index (χ2n) is 5.49. The molecule has 0 aliphatic carbocycles. The van der Waals surface area contributed by atoms with Crippen molar-refractivity contribution in [1.29, 1.82) is 5.26 Å². The molecule has 1 unspecified atom stereocenters. The quantitative estimate of drug-likeness (QED) is 0.465. The van der Waals surface area contributed by atoms with Crippen LogP contribution >= 0.6 is 35.4 Å². The standard InChI is InChI=1S/C14H5Cl2F6N5S/c15-5-1-4(13(17,18)19)2-6(16)9(5)27-11-8(7(3-23)26-27)10(14(20,21)22)24-12(28)25-11/h1-2,10H,(H2,24,25,28). The largest absolute Gasteiger partial charge is 0.416 e. The number of thiocarbonyl (C=S) groups is 1. The molecule has 2 heterocycles. The maximum Gasteiger partial charge on any atom is 0.416 e. The third-order valence-corrected chi connectivity index (χ3v) is 4.50. The van der Waals surface area contributed by atoms with Gasteiger partial charge in [-0.15, -0.1) is 0 Å². The monoisotopic (exact) mass is 459 g/mol. The van der Waals surface area contributed by atoms with Crippen LogP contribution in [0.4, 0.5) is 32.2 Å². The molecule has 1 aromatic heterocycles. The molecule has 0 spiro atoms. The lowest BCUT2D eigenvalue weighted by atomic mass is 10.0. The van der Waals surface area contributed by atoms with E-state index in [0.29, 0.717) is 12.1 Å². The van der Waals surface area contributed by atoms with Gasteiger partial charge in [-0.3, -0.25) is 0 Å². The Hall–Kier alpha value is -2.23. The van der Waals surface area contributed by atoms with Crippen LogP contribution < -0.4 is 10.6 Å². The van der Waals surface area contributed by atoms with Gasteiger partial charge in [0, 0.05) is 0 Å². The van der Waals surface area contributed by atoms with Gasteiger partial charge in [0.2, 0.25) is 0 Å². The minimum absolute atomic E-state index is 0.341. The third-order valence-electron chi connectivity index (χ3n) is 3.71. The Labute approximate surface area is 167 Å². The molecule has 0 saturated heterocycles. The molecule has 148 valence electrons. The van der Waals surface area contributed by atoms with Gasteiger partial charge >= 0.3 is 12.4 Å². The van der Waals surface area contributed by atoms with Gasteiger partial charge in [0.25, 0.3) is 0 Å². The first-order valence-corrected chi connectivity index (χ1v) is 8.25. The molecule has 0 fully saturated rings. The number of anilines is 1. The van der Waals surface area contributed by atoms with Crippen molar-refractivity contribution in [3.63, 3.8) is 0 Å². The Morgan fingerprint density at radius 1 is 1.14 bits per heavy atom. The highest BCUT2D eigenvalue weighted by atomic mass is 35.5. The van der Waals surface area contributed by atoms with Crippen molar-refractivity contribution in [3.8, 4) is 11.8 Å². The van der Waals surface area contributed by atoms with Crippen LogP contribution in [0.1, 0.15) is 22.9 Å². The Balaban J connectivity index is 2.28. The molecule has 2 aromatic rings. The van der Waals surface area contributed by atoms with E-state index in [4.69, 9.17) is 35.4 Å². The summed E-state index contributed by atoms with van der Waals surface area (Å²) in [6, 6.07) is 0.251.